The van der Waals surface area contributed by atoms with Gasteiger partial charge >= 0.3 is 0 Å². The Balaban J connectivity index is 1.53. The lowest BCUT2D eigenvalue weighted by Gasteiger charge is -2.33. The summed E-state index contributed by atoms with van der Waals surface area (Å²) in [4.78, 5) is 31.2. The van der Waals surface area contributed by atoms with Gasteiger partial charge in [0.15, 0.2) is 0 Å². The van der Waals surface area contributed by atoms with Gasteiger partial charge in [-0.2, -0.15) is 0 Å². The van der Waals surface area contributed by atoms with Crippen LogP contribution in [0, 0.1) is 0 Å². The number of nitrogens with one attached hydrogen (secondary N) is 1. The van der Waals surface area contributed by atoms with E-state index in [0.717, 1.165) is 36.6 Å². The fourth-order valence-corrected chi connectivity index (χ4v) is 2.84. The van der Waals surface area contributed by atoms with E-state index in [1.807, 2.05) is 36.4 Å². The van der Waals surface area contributed by atoms with E-state index in [-0.39, 0.29) is 5.91 Å². The number of amides is 2. The maximum atomic E-state index is 12.2. The van der Waals surface area contributed by atoms with Crippen molar-refractivity contribution >= 4 is 23.8 Å². The van der Waals surface area contributed by atoms with Crippen LogP contribution in [0.5, 0.6) is 5.75 Å². The molecule has 1 aliphatic heterocycles. The van der Waals surface area contributed by atoms with E-state index in [2.05, 4.69) is 15.2 Å². The number of carbonyl (C=O) groups excluding carboxylic acids is 2. The van der Waals surface area contributed by atoms with Gasteiger partial charge in [0.05, 0.1) is 25.4 Å². The molecule has 1 aromatic heterocycles. The number of piperazine rings is 1. The molecular formula is C19H22N4O3. The van der Waals surface area contributed by atoms with E-state index in [1.54, 1.807) is 18.2 Å². The van der Waals surface area contributed by atoms with Gasteiger partial charge in [0.1, 0.15) is 11.6 Å². The molecule has 1 aromatic carbocycles. The number of carbonyl (C=O) groups is 2. The molecule has 0 atom stereocenters. The summed E-state index contributed by atoms with van der Waals surface area (Å²) >= 11 is 0. The minimum absolute atomic E-state index is 0.0932. The quantitative estimate of drug-likeness (QED) is 0.797. The zero-order chi connectivity index (χ0) is 18.4. The summed E-state index contributed by atoms with van der Waals surface area (Å²) in [5.74, 6) is 1.52. The number of methoxy groups -OCH3 is 1. The Morgan fingerprint density at radius 1 is 1.15 bits per heavy atom. The first-order valence-corrected chi connectivity index (χ1v) is 8.51. The summed E-state index contributed by atoms with van der Waals surface area (Å²) in [7, 11) is 1.61. The third kappa shape index (κ3) is 4.50. The Morgan fingerprint density at radius 2 is 1.88 bits per heavy atom. The SMILES string of the molecule is COc1ccc(CC(=O)Nc2ccc(N3CCN(C=O)CC3)nc2)cc1. The number of benzene rings is 1. The fourth-order valence-electron chi connectivity index (χ4n) is 2.84. The molecule has 7 nitrogen and oxygen atoms in total. The highest BCUT2D eigenvalue weighted by Gasteiger charge is 2.16. The van der Waals surface area contributed by atoms with Crippen molar-refractivity contribution in [1.29, 1.82) is 0 Å². The zero-order valence-electron chi connectivity index (χ0n) is 14.7. The Hall–Kier alpha value is -3.09. The normalized spacial score (nSPS) is 14.0. The Morgan fingerprint density at radius 3 is 2.46 bits per heavy atom. The molecule has 3 rings (SSSR count). The Labute approximate surface area is 152 Å². The van der Waals surface area contributed by atoms with Crippen LogP contribution < -0.4 is 15.0 Å². The zero-order valence-corrected chi connectivity index (χ0v) is 14.7. The Bertz CT molecular complexity index is 738. The summed E-state index contributed by atoms with van der Waals surface area (Å²) in [5, 5.41) is 2.86. The second kappa shape index (κ2) is 8.33. The predicted octanol–water partition coefficient (Wildman–Crippen LogP) is 1.55. The smallest absolute Gasteiger partial charge is 0.228 e. The number of pyridine rings is 1. The number of anilines is 2. The average Bonchev–Trinajstić information content (AvgIpc) is 2.69. The van der Waals surface area contributed by atoms with Crippen LogP contribution in [0.3, 0.4) is 0 Å². The standard InChI is InChI=1S/C19H22N4O3/c1-26-17-5-2-15(3-6-17)12-19(25)21-16-4-7-18(20-13-16)23-10-8-22(14-24)9-11-23/h2-7,13-14H,8-12H2,1H3,(H,21,25). The molecule has 1 aliphatic rings. The molecule has 1 N–H and O–H groups in total. The van der Waals surface area contributed by atoms with E-state index < -0.39 is 0 Å². The van der Waals surface area contributed by atoms with Gasteiger partial charge in [0.2, 0.25) is 12.3 Å². The molecule has 0 unspecified atom stereocenters. The molecule has 7 heteroatoms. The number of hydrogen-bond donors (Lipinski definition) is 1. The summed E-state index contributed by atoms with van der Waals surface area (Å²) in [6, 6.07) is 11.2. The highest BCUT2D eigenvalue weighted by atomic mass is 16.5. The van der Waals surface area contributed by atoms with Crippen molar-refractivity contribution in [3.05, 3.63) is 48.2 Å². The van der Waals surface area contributed by atoms with E-state index in [0.29, 0.717) is 25.2 Å². The third-order valence-electron chi connectivity index (χ3n) is 4.34. The lowest BCUT2D eigenvalue weighted by molar-refractivity contribution is -0.118. The van der Waals surface area contributed by atoms with Crippen molar-refractivity contribution in [2.75, 3.05) is 43.5 Å². The molecule has 1 saturated heterocycles. The average molecular weight is 354 g/mol. The minimum atomic E-state index is -0.0932. The highest BCUT2D eigenvalue weighted by Crippen LogP contribution is 2.17. The number of rotatable bonds is 6. The van der Waals surface area contributed by atoms with Gasteiger partial charge < -0.3 is 19.9 Å². The topological polar surface area (TPSA) is 74.8 Å². The lowest BCUT2D eigenvalue weighted by atomic mass is 10.1. The minimum Gasteiger partial charge on any atom is -0.497 e. The van der Waals surface area contributed by atoms with E-state index in [1.165, 1.54) is 0 Å². The summed E-state index contributed by atoms with van der Waals surface area (Å²) < 4.78 is 5.11. The van der Waals surface area contributed by atoms with Crippen molar-refractivity contribution in [2.45, 2.75) is 6.42 Å². The van der Waals surface area contributed by atoms with E-state index in [4.69, 9.17) is 4.74 Å². The Kier molecular flexibility index (Phi) is 5.68. The van der Waals surface area contributed by atoms with Crippen molar-refractivity contribution in [3.63, 3.8) is 0 Å². The molecular weight excluding hydrogens is 332 g/mol. The highest BCUT2D eigenvalue weighted by molar-refractivity contribution is 5.92. The number of hydrogen-bond acceptors (Lipinski definition) is 5. The largest absolute Gasteiger partial charge is 0.497 e. The molecule has 26 heavy (non-hydrogen) atoms. The second-order valence-electron chi connectivity index (χ2n) is 6.11. The number of aromatic nitrogens is 1. The van der Waals surface area contributed by atoms with Gasteiger partial charge in [-0.25, -0.2) is 4.98 Å². The van der Waals surface area contributed by atoms with E-state index >= 15 is 0 Å². The number of ether oxygens (including phenoxy) is 1. The van der Waals surface area contributed by atoms with Crippen LogP contribution in [0.15, 0.2) is 42.6 Å². The predicted molar refractivity (Wildman–Crippen MR) is 99.4 cm³/mol. The summed E-state index contributed by atoms with van der Waals surface area (Å²) in [6.07, 6.45) is 2.83. The monoisotopic (exact) mass is 354 g/mol. The molecule has 0 bridgehead atoms. The summed E-state index contributed by atoms with van der Waals surface area (Å²) in [5.41, 5.74) is 1.58. The first kappa shape index (κ1) is 17.7. The molecule has 136 valence electrons. The molecule has 2 amide bonds. The maximum Gasteiger partial charge on any atom is 0.228 e. The molecule has 0 spiro atoms. The second-order valence-corrected chi connectivity index (χ2v) is 6.11. The molecule has 1 fully saturated rings. The maximum absolute atomic E-state index is 12.2. The van der Waals surface area contributed by atoms with Gasteiger partial charge in [-0.3, -0.25) is 9.59 Å². The van der Waals surface area contributed by atoms with Gasteiger partial charge in [-0.15, -0.1) is 0 Å². The fraction of sp³-hybridized carbons (Fsp3) is 0.316. The number of nitrogens with zero attached hydrogens (tertiary/aromatic N) is 3. The first-order valence-electron chi connectivity index (χ1n) is 8.51. The van der Waals surface area contributed by atoms with Crippen molar-refractivity contribution in [3.8, 4) is 5.75 Å². The van der Waals surface area contributed by atoms with Crippen molar-refractivity contribution < 1.29 is 14.3 Å². The van der Waals surface area contributed by atoms with Crippen LogP contribution in [0.1, 0.15) is 5.56 Å². The third-order valence-corrected chi connectivity index (χ3v) is 4.34. The van der Waals surface area contributed by atoms with Crippen LogP contribution in [0.4, 0.5) is 11.5 Å². The molecule has 0 saturated carbocycles. The van der Waals surface area contributed by atoms with Crippen LogP contribution in [-0.4, -0.2) is 55.5 Å². The molecule has 0 radical (unpaired) electrons. The lowest BCUT2D eigenvalue weighted by Crippen LogP contribution is -2.46. The van der Waals surface area contributed by atoms with Crippen LogP contribution in [0.2, 0.25) is 0 Å². The van der Waals surface area contributed by atoms with E-state index in [9.17, 15) is 9.59 Å². The van der Waals surface area contributed by atoms with Crippen LogP contribution >= 0.6 is 0 Å². The van der Waals surface area contributed by atoms with Gasteiger partial charge in [0, 0.05) is 26.2 Å². The van der Waals surface area contributed by atoms with Gasteiger partial charge in [-0.05, 0) is 29.8 Å². The molecule has 2 heterocycles. The van der Waals surface area contributed by atoms with Crippen molar-refractivity contribution in [1.82, 2.24) is 9.88 Å². The van der Waals surface area contributed by atoms with Crippen LogP contribution in [-0.2, 0) is 16.0 Å². The van der Waals surface area contributed by atoms with Crippen LogP contribution in [0.25, 0.3) is 0 Å². The first-order chi connectivity index (χ1) is 12.7. The molecule has 2 aromatic rings. The van der Waals surface area contributed by atoms with Gasteiger partial charge in [-0.1, -0.05) is 12.1 Å². The van der Waals surface area contributed by atoms with Crippen molar-refractivity contribution in [2.24, 2.45) is 0 Å². The molecule has 0 aliphatic carbocycles. The summed E-state index contributed by atoms with van der Waals surface area (Å²) in [6.45, 7) is 2.92. The van der Waals surface area contributed by atoms with Gasteiger partial charge in [0.25, 0.3) is 0 Å².